The third-order valence-corrected chi connectivity index (χ3v) is 6.03. The number of nitrogens with one attached hydrogen (secondary N) is 1. The fourth-order valence-corrected chi connectivity index (χ4v) is 4.10. The molecule has 0 spiro atoms. The number of ether oxygens (including phenoxy) is 1. The Hall–Kier alpha value is -1.70. The number of esters is 1. The molecule has 5 nitrogen and oxygen atoms in total. The van der Waals surface area contributed by atoms with Gasteiger partial charge in [-0.3, -0.25) is 4.79 Å². The molecule has 0 radical (unpaired) electrons. The van der Waals surface area contributed by atoms with E-state index in [1.807, 2.05) is 19.9 Å². The molecular weight excluding hydrogens is 334 g/mol. The number of aryl methyl sites for hydroxylation is 2. The lowest BCUT2D eigenvalue weighted by Crippen LogP contribution is -2.22. The SMILES string of the molecule is COC(=O)Cc1ccc(S(=O)(=O)NCc2cc(C)c(C)s2)cc1. The summed E-state index contributed by atoms with van der Waals surface area (Å²) >= 11 is 1.58. The minimum atomic E-state index is -3.57. The van der Waals surface area contributed by atoms with Crippen molar-refractivity contribution in [1.82, 2.24) is 4.72 Å². The third kappa shape index (κ3) is 4.63. The Balaban J connectivity index is 2.05. The van der Waals surface area contributed by atoms with Crippen LogP contribution in [-0.4, -0.2) is 21.5 Å². The van der Waals surface area contributed by atoms with Crippen LogP contribution in [0.15, 0.2) is 35.2 Å². The predicted octanol–water partition coefficient (Wildman–Crippen LogP) is 2.56. The first-order valence-corrected chi connectivity index (χ1v) is 9.33. The highest BCUT2D eigenvalue weighted by atomic mass is 32.2. The summed E-state index contributed by atoms with van der Waals surface area (Å²) < 4.78 is 31.8. The fraction of sp³-hybridized carbons (Fsp3) is 0.312. The molecular formula is C16H19NO4S2. The molecule has 1 aromatic carbocycles. The van der Waals surface area contributed by atoms with Gasteiger partial charge in [0.2, 0.25) is 10.0 Å². The maximum absolute atomic E-state index is 12.3. The smallest absolute Gasteiger partial charge is 0.309 e. The van der Waals surface area contributed by atoms with Gasteiger partial charge in [-0.15, -0.1) is 11.3 Å². The Morgan fingerprint density at radius 1 is 1.22 bits per heavy atom. The molecule has 0 aliphatic rings. The second-order valence-electron chi connectivity index (χ2n) is 5.17. The zero-order chi connectivity index (χ0) is 17.0. The van der Waals surface area contributed by atoms with Crippen molar-refractivity contribution in [2.45, 2.75) is 31.7 Å². The van der Waals surface area contributed by atoms with Crippen molar-refractivity contribution >= 4 is 27.3 Å². The van der Waals surface area contributed by atoms with Crippen LogP contribution in [-0.2, 0) is 32.5 Å². The van der Waals surface area contributed by atoms with Crippen LogP contribution in [0.25, 0.3) is 0 Å². The molecule has 1 aromatic heterocycles. The molecule has 0 atom stereocenters. The average molecular weight is 353 g/mol. The molecule has 0 fully saturated rings. The number of thiophene rings is 1. The molecule has 1 N–H and O–H groups in total. The second-order valence-corrected chi connectivity index (χ2v) is 8.28. The highest BCUT2D eigenvalue weighted by Gasteiger charge is 2.15. The van der Waals surface area contributed by atoms with Gasteiger partial charge in [0.25, 0.3) is 0 Å². The quantitative estimate of drug-likeness (QED) is 0.810. The van der Waals surface area contributed by atoms with Crippen molar-refractivity contribution in [3.63, 3.8) is 0 Å². The van der Waals surface area contributed by atoms with Gasteiger partial charge >= 0.3 is 5.97 Å². The minimum absolute atomic E-state index is 0.123. The Bertz CT molecular complexity index is 772. The molecule has 124 valence electrons. The molecule has 0 unspecified atom stereocenters. The van der Waals surface area contributed by atoms with Crippen LogP contribution in [0.3, 0.4) is 0 Å². The van der Waals surface area contributed by atoms with E-state index in [1.165, 1.54) is 24.1 Å². The monoisotopic (exact) mass is 353 g/mol. The molecule has 0 saturated heterocycles. The summed E-state index contributed by atoms with van der Waals surface area (Å²) in [6.45, 7) is 4.29. The van der Waals surface area contributed by atoms with Gasteiger partial charge in [-0.1, -0.05) is 12.1 Å². The maximum Gasteiger partial charge on any atom is 0.309 e. The normalized spacial score (nSPS) is 11.4. The van der Waals surface area contributed by atoms with Crippen molar-refractivity contribution in [3.8, 4) is 0 Å². The topological polar surface area (TPSA) is 72.5 Å². The van der Waals surface area contributed by atoms with Gasteiger partial charge in [0.05, 0.1) is 18.4 Å². The van der Waals surface area contributed by atoms with Crippen molar-refractivity contribution in [1.29, 1.82) is 0 Å². The number of benzene rings is 1. The number of rotatable bonds is 6. The summed E-state index contributed by atoms with van der Waals surface area (Å²) in [7, 11) is -2.25. The van der Waals surface area contributed by atoms with E-state index in [2.05, 4.69) is 9.46 Å². The molecule has 23 heavy (non-hydrogen) atoms. The van der Waals surface area contributed by atoms with Crippen LogP contribution in [0, 0.1) is 13.8 Å². The molecule has 0 aliphatic heterocycles. The predicted molar refractivity (Wildman–Crippen MR) is 90.0 cm³/mol. The summed E-state index contributed by atoms with van der Waals surface area (Å²) in [5.41, 5.74) is 1.87. The number of sulfonamides is 1. The van der Waals surface area contributed by atoms with Crippen LogP contribution >= 0.6 is 11.3 Å². The Kier molecular flexibility index (Phi) is 5.56. The zero-order valence-electron chi connectivity index (χ0n) is 13.3. The van der Waals surface area contributed by atoms with Crippen LogP contribution in [0.2, 0.25) is 0 Å². The number of carbonyl (C=O) groups is 1. The van der Waals surface area contributed by atoms with Crippen LogP contribution in [0.4, 0.5) is 0 Å². The first-order valence-electron chi connectivity index (χ1n) is 7.03. The van der Waals surface area contributed by atoms with Gasteiger partial charge < -0.3 is 4.74 Å². The number of hydrogen-bond acceptors (Lipinski definition) is 5. The minimum Gasteiger partial charge on any atom is -0.469 e. The lowest BCUT2D eigenvalue weighted by Gasteiger charge is -2.07. The van der Waals surface area contributed by atoms with E-state index in [0.29, 0.717) is 5.56 Å². The van der Waals surface area contributed by atoms with E-state index >= 15 is 0 Å². The number of hydrogen-bond donors (Lipinski definition) is 1. The Morgan fingerprint density at radius 3 is 2.39 bits per heavy atom. The molecule has 0 aliphatic carbocycles. The lowest BCUT2D eigenvalue weighted by molar-refractivity contribution is -0.139. The Labute approximate surface area is 140 Å². The van der Waals surface area contributed by atoms with Crippen molar-refractivity contribution in [2.75, 3.05) is 7.11 Å². The molecule has 7 heteroatoms. The van der Waals surface area contributed by atoms with Gasteiger partial charge in [-0.05, 0) is 43.2 Å². The highest BCUT2D eigenvalue weighted by molar-refractivity contribution is 7.89. The second kappa shape index (κ2) is 7.25. The molecule has 2 aromatic rings. The molecule has 0 bridgehead atoms. The summed E-state index contributed by atoms with van der Waals surface area (Å²) in [6, 6.07) is 8.20. The lowest BCUT2D eigenvalue weighted by atomic mass is 10.2. The van der Waals surface area contributed by atoms with Gasteiger partial charge in [-0.25, -0.2) is 13.1 Å². The van der Waals surface area contributed by atoms with Crippen molar-refractivity contribution in [2.24, 2.45) is 0 Å². The summed E-state index contributed by atoms with van der Waals surface area (Å²) in [4.78, 5) is 13.5. The largest absolute Gasteiger partial charge is 0.469 e. The molecule has 1 heterocycles. The standard InChI is InChI=1S/C16H19NO4S2/c1-11-8-14(22-12(11)2)10-17-23(19,20)15-6-4-13(5-7-15)9-16(18)21-3/h4-8,17H,9-10H2,1-3H3. The summed E-state index contributed by atoms with van der Waals surface area (Å²) in [5.74, 6) is -0.359. The van der Waals surface area contributed by atoms with E-state index < -0.39 is 10.0 Å². The fourth-order valence-electron chi connectivity index (χ4n) is 2.01. The first kappa shape index (κ1) is 17.7. The van der Waals surface area contributed by atoms with Gasteiger partial charge in [-0.2, -0.15) is 0 Å². The van der Waals surface area contributed by atoms with Crippen LogP contribution in [0.5, 0.6) is 0 Å². The van der Waals surface area contributed by atoms with Gasteiger partial charge in [0.1, 0.15) is 0 Å². The maximum atomic E-state index is 12.3. The van der Waals surface area contributed by atoms with E-state index in [9.17, 15) is 13.2 Å². The zero-order valence-corrected chi connectivity index (χ0v) is 14.9. The average Bonchev–Trinajstić information content (AvgIpc) is 2.84. The van der Waals surface area contributed by atoms with E-state index in [1.54, 1.807) is 23.5 Å². The van der Waals surface area contributed by atoms with E-state index in [-0.39, 0.29) is 23.8 Å². The first-order chi connectivity index (χ1) is 10.8. The molecule has 0 amide bonds. The third-order valence-electron chi connectivity index (χ3n) is 3.46. The summed E-state index contributed by atoms with van der Waals surface area (Å²) in [5, 5.41) is 0. The van der Waals surface area contributed by atoms with Crippen LogP contribution < -0.4 is 4.72 Å². The van der Waals surface area contributed by atoms with Gasteiger partial charge in [0, 0.05) is 16.3 Å². The number of carbonyl (C=O) groups excluding carboxylic acids is 1. The molecule has 2 rings (SSSR count). The van der Waals surface area contributed by atoms with E-state index in [0.717, 1.165) is 10.4 Å². The van der Waals surface area contributed by atoms with Gasteiger partial charge in [0.15, 0.2) is 0 Å². The van der Waals surface area contributed by atoms with E-state index in [4.69, 9.17) is 0 Å². The van der Waals surface area contributed by atoms with Crippen molar-refractivity contribution in [3.05, 3.63) is 51.2 Å². The van der Waals surface area contributed by atoms with Crippen molar-refractivity contribution < 1.29 is 17.9 Å². The summed E-state index contributed by atoms with van der Waals surface area (Å²) in [6.07, 6.45) is 0.123. The Morgan fingerprint density at radius 2 is 1.87 bits per heavy atom. The van der Waals surface area contributed by atoms with Crippen LogP contribution in [0.1, 0.15) is 20.9 Å². The number of methoxy groups -OCH3 is 1. The highest BCUT2D eigenvalue weighted by Crippen LogP contribution is 2.21. The molecule has 0 saturated carbocycles.